The monoisotopic (exact) mass is 272 g/mol. The molecule has 0 aliphatic rings. The summed E-state index contributed by atoms with van der Waals surface area (Å²) in [4.78, 5) is 0.440. The molecule has 0 fully saturated rings. The van der Waals surface area contributed by atoms with E-state index in [0.717, 1.165) is 0 Å². The summed E-state index contributed by atoms with van der Waals surface area (Å²) in [5, 5.41) is 0. The molecule has 0 aromatic heterocycles. The molecular weight excluding hydrogens is 256 g/mol. The van der Waals surface area contributed by atoms with Crippen LogP contribution in [0.25, 0.3) is 0 Å². The van der Waals surface area contributed by atoms with Crippen molar-refractivity contribution in [2.24, 2.45) is 5.73 Å². The smallest absolute Gasteiger partial charge is 0.243 e. The van der Waals surface area contributed by atoms with Crippen LogP contribution in [0.2, 0.25) is 0 Å². The van der Waals surface area contributed by atoms with E-state index in [1.165, 1.54) is 11.4 Å². The van der Waals surface area contributed by atoms with Crippen LogP contribution in [-0.2, 0) is 10.0 Å². The lowest BCUT2D eigenvalue weighted by Gasteiger charge is -2.24. The maximum absolute atomic E-state index is 12.3. The van der Waals surface area contributed by atoms with Gasteiger partial charge in [-0.3, -0.25) is 0 Å². The van der Waals surface area contributed by atoms with E-state index in [9.17, 15) is 8.42 Å². The zero-order valence-corrected chi connectivity index (χ0v) is 11.7. The summed E-state index contributed by atoms with van der Waals surface area (Å²) in [6.45, 7) is 3.42. The quantitative estimate of drug-likeness (QED) is 0.839. The molecule has 17 heavy (non-hydrogen) atoms. The van der Waals surface area contributed by atoms with Crippen molar-refractivity contribution in [2.75, 3.05) is 7.05 Å². The molecule has 0 radical (unpaired) electrons. The Morgan fingerprint density at radius 3 is 2.41 bits per heavy atom. The highest BCUT2D eigenvalue weighted by molar-refractivity contribution is 7.89. The van der Waals surface area contributed by atoms with Crippen molar-refractivity contribution >= 4 is 27.2 Å². The molecule has 1 atom stereocenters. The summed E-state index contributed by atoms with van der Waals surface area (Å²) in [5.74, 6) is 0. The van der Waals surface area contributed by atoms with Crippen molar-refractivity contribution in [1.82, 2.24) is 4.31 Å². The van der Waals surface area contributed by atoms with Crippen molar-refractivity contribution < 1.29 is 8.42 Å². The molecule has 6 heteroatoms. The summed E-state index contributed by atoms with van der Waals surface area (Å²) in [6.07, 6.45) is 0. The van der Waals surface area contributed by atoms with Crippen LogP contribution < -0.4 is 5.73 Å². The largest absolute Gasteiger partial charge is 0.392 e. The fourth-order valence-corrected chi connectivity index (χ4v) is 3.18. The molecule has 2 N–H and O–H groups in total. The van der Waals surface area contributed by atoms with E-state index in [4.69, 9.17) is 18.0 Å². The molecule has 0 bridgehead atoms. The van der Waals surface area contributed by atoms with Crippen LogP contribution in [0.1, 0.15) is 12.5 Å². The van der Waals surface area contributed by atoms with Gasteiger partial charge < -0.3 is 5.73 Å². The first-order valence-corrected chi connectivity index (χ1v) is 6.96. The van der Waals surface area contributed by atoms with Gasteiger partial charge in [0.05, 0.1) is 15.9 Å². The number of likely N-dealkylation sites (N-methyl/N-ethyl adjacent to an activating group) is 1. The van der Waals surface area contributed by atoms with Crippen LogP contribution in [-0.4, -0.2) is 30.8 Å². The van der Waals surface area contributed by atoms with Crippen molar-refractivity contribution in [1.29, 1.82) is 0 Å². The van der Waals surface area contributed by atoms with Crippen LogP contribution in [0.5, 0.6) is 0 Å². The van der Waals surface area contributed by atoms with E-state index < -0.39 is 16.1 Å². The van der Waals surface area contributed by atoms with Gasteiger partial charge >= 0.3 is 0 Å². The second-order valence-corrected chi connectivity index (χ2v) is 6.30. The predicted octanol–water partition coefficient (Wildman–Crippen LogP) is 1.29. The van der Waals surface area contributed by atoms with Crippen LogP contribution >= 0.6 is 12.2 Å². The zero-order chi connectivity index (χ0) is 13.2. The molecule has 0 spiro atoms. The average Bonchev–Trinajstić information content (AvgIpc) is 2.27. The van der Waals surface area contributed by atoms with Gasteiger partial charge in [0.15, 0.2) is 0 Å². The number of nitrogens with zero attached hydrogens (tertiary/aromatic N) is 1. The molecule has 1 unspecified atom stereocenters. The highest BCUT2D eigenvalue weighted by atomic mass is 32.2. The molecule has 0 amide bonds. The third-order valence-corrected chi connectivity index (χ3v) is 5.14. The molecule has 0 saturated carbocycles. The molecule has 1 aromatic carbocycles. The number of thiocarbonyl (C=S) groups is 1. The number of rotatable bonds is 4. The number of aryl methyl sites for hydroxylation is 1. The summed E-state index contributed by atoms with van der Waals surface area (Å²) in [7, 11) is -2.07. The number of nitrogens with two attached hydrogens (primary N) is 1. The van der Waals surface area contributed by atoms with Crippen molar-refractivity contribution in [3.05, 3.63) is 29.8 Å². The molecule has 1 aromatic rings. The first kappa shape index (κ1) is 14.1. The average molecular weight is 272 g/mol. The summed E-state index contributed by atoms with van der Waals surface area (Å²) < 4.78 is 25.8. The molecule has 0 heterocycles. The molecule has 1 rings (SSSR count). The third kappa shape index (κ3) is 2.83. The van der Waals surface area contributed by atoms with Crippen molar-refractivity contribution in [3.63, 3.8) is 0 Å². The Kier molecular flexibility index (Phi) is 4.24. The topological polar surface area (TPSA) is 63.4 Å². The van der Waals surface area contributed by atoms with Gasteiger partial charge in [-0.25, -0.2) is 8.42 Å². The number of sulfonamides is 1. The lowest BCUT2D eigenvalue weighted by molar-refractivity contribution is 0.451. The van der Waals surface area contributed by atoms with Crippen LogP contribution in [0.15, 0.2) is 29.2 Å². The van der Waals surface area contributed by atoms with E-state index in [1.807, 2.05) is 0 Å². The second-order valence-electron chi connectivity index (χ2n) is 3.87. The maximum Gasteiger partial charge on any atom is 0.243 e. The van der Waals surface area contributed by atoms with E-state index in [-0.39, 0.29) is 9.88 Å². The molecule has 0 saturated heterocycles. The Morgan fingerprint density at radius 1 is 1.41 bits per heavy atom. The number of hydrogen-bond acceptors (Lipinski definition) is 3. The van der Waals surface area contributed by atoms with Crippen molar-refractivity contribution in [3.8, 4) is 0 Å². The minimum Gasteiger partial charge on any atom is -0.392 e. The van der Waals surface area contributed by atoms with Gasteiger partial charge in [-0.05, 0) is 25.5 Å². The fraction of sp³-hybridized carbons (Fsp3) is 0.364. The van der Waals surface area contributed by atoms with E-state index in [0.29, 0.717) is 5.56 Å². The second kappa shape index (κ2) is 5.12. The number of hydrogen-bond donors (Lipinski definition) is 1. The Morgan fingerprint density at radius 2 is 1.94 bits per heavy atom. The summed E-state index contributed by atoms with van der Waals surface area (Å²) in [5.41, 5.74) is 6.18. The van der Waals surface area contributed by atoms with Gasteiger partial charge in [0, 0.05) is 7.05 Å². The van der Waals surface area contributed by atoms with Gasteiger partial charge in [0.25, 0.3) is 0 Å². The third-order valence-electron chi connectivity index (χ3n) is 2.71. The van der Waals surface area contributed by atoms with E-state index >= 15 is 0 Å². The van der Waals surface area contributed by atoms with E-state index in [1.54, 1.807) is 38.1 Å². The van der Waals surface area contributed by atoms with E-state index in [2.05, 4.69) is 0 Å². The van der Waals surface area contributed by atoms with Gasteiger partial charge in [-0.2, -0.15) is 4.31 Å². The number of benzene rings is 1. The molecule has 0 aliphatic carbocycles. The van der Waals surface area contributed by atoms with Crippen LogP contribution in [0, 0.1) is 6.92 Å². The molecule has 4 nitrogen and oxygen atoms in total. The van der Waals surface area contributed by atoms with Crippen molar-refractivity contribution in [2.45, 2.75) is 24.8 Å². The lowest BCUT2D eigenvalue weighted by atomic mass is 10.2. The first-order chi connectivity index (χ1) is 7.78. The Bertz CT molecular complexity index is 526. The highest BCUT2D eigenvalue weighted by Gasteiger charge is 2.27. The lowest BCUT2D eigenvalue weighted by Crippen LogP contribution is -2.42. The van der Waals surface area contributed by atoms with Gasteiger partial charge in [-0.15, -0.1) is 0 Å². The summed E-state index contributed by atoms with van der Waals surface area (Å²) in [6, 6.07) is 6.32. The predicted molar refractivity (Wildman–Crippen MR) is 72.4 cm³/mol. The highest BCUT2D eigenvalue weighted by Crippen LogP contribution is 2.19. The van der Waals surface area contributed by atoms with Crippen LogP contribution in [0.3, 0.4) is 0 Å². The molecule has 0 aliphatic heterocycles. The Balaban J connectivity index is 3.21. The van der Waals surface area contributed by atoms with Gasteiger partial charge in [-0.1, -0.05) is 30.4 Å². The molecule has 94 valence electrons. The first-order valence-electron chi connectivity index (χ1n) is 5.11. The fourth-order valence-electron chi connectivity index (χ4n) is 1.39. The zero-order valence-electron chi connectivity index (χ0n) is 10.0. The molecular formula is C11H16N2O2S2. The Labute approximate surface area is 107 Å². The minimum absolute atomic E-state index is 0.157. The SMILES string of the molecule is Cc1ccccc1S(=O)(=O)N(C)C(C)C(N)=S. The minimum atomic E-state index is -3.55. The summed E-state index contributed by atoms with van der Waals surface area (Å²) >= 11 is 4.82. The maximum atomic E-state index is 12.3. The van der Waals surface area contributed by atoms with Gasteiger partial charge in [0.2, 0.25) is 10.0 Å². The Hall–Kier alpha value is -0.980. The normalized spacial score (nSPS) is 13.6. The standard InChI is InChI=1S/C11H16N2O2S2/c1-8-6-4-5-7-10(8)17(14,15)13(3)9(2)11(12)16/h4-7,9H,1-3H3,(H2,12,16). The van der Waals surface area contributed by atoms with Gasteiger partial charge in [0.1, 0.15) is 0 Å². The van der Waals surface area contributed by atoms with Crippen LogP contribution in [0.4, 0.5) is 0 Å².